The normalized spacial score (nSPS) is 11.6. The highest BCUT2D eigenvalue weighted by atomic mass is 35.5. The van der Waals surface area contributed by atoms with Crippen LogP contribution in [0.1, 0.15) is 18.2 Å². The van der Waals surface area contributed by atoms with Crippen LogP contribution in [-0.4, -0.2) is 9.97 Å². The number of hydrogen-bond acceptors (Lipinski definition) is 2. The Bertz CT molecular complexity index is 579. The van der Waals surface area contributed by atoms with Crippen LogP contribution in [0.15, 0.2) is 30.3 Å². The minimum absolute atomic E-state index is 0.279. The molecular weight excluding hydrogens is 277 g/mol. The van der Waals surface area contributed by atoms with Gasteiger partial charge in [0.05, 0.1) is 5.56 Å². The number of aryl methyl sites for hydroxylation is 1. The molecule has 0 unspecified atom stereocenters. The highest BCUT2D eigenvalue weighted by Crippen LogP contribution is 2.30. The summed E-state index contributed by atoms with van der Waals surface area (Å²) in [6.45, 7) is 1.91. The molecule has 6 heteroatoms. The van der Waals surface area contributed by atoms with Gasteiger partial charge in [0.1, 0.15) is 5.15 Å². The second-order valence-corrected chi connectivity index (χ2v) is 4.32. The van der Waals surface area contributed by atoms with E-state index in [-0.39, 0.29) is 5.15 Å². The molecule has 1 heterocycles. The molecular formula is C13H10ClF3N2. The van der Waals surface area contributed by atoms with Crippen molar-refractivity contribution in [3.8, 4) is 11.4 Å². The lowest BCUT2D eigenvalue weighted by Gasteiger charge is -2.08. The minimum Gasteiger partial charge on any atom is -0.233 e. The summed E-state index contributed by atoms with van der Waals surface area (Å²) in [5.41, 5.74) is 0.550. The Kier molecular flexibility index (Phi) is 3.75. The Morgan fingerprint density at radius 1 is 1.11 bits per heavy atom. The molecule has 0 aliphatic rings. The summed E-state index contributed by atoms with van der Waals surface area (Å²) < 4.78 is 37.4. The minimum atomic E-state index is -4.34. The first kappa shape index (κ1) is 13.8. The fourth-order valence-corrected chi connectivity index (χ4v) is 1.79. The third-order valence-electron chi connectivity index (χ3n) is 2.58. The van der Waals surface area contributed by atoms with E-state index in [2.05, 4.69) is 9.97 Å². The molecule has 0 saturated carbocycles. The van der Waals surface area contributed by atoms with Crippen molar-refractivity contribution in [2.75, 3.05) is 0 Å². The monoisotopic (exact) mass is 286 g/mol. The highest BCUT2D eigenvalue weighted by Gasteiger charge is 2.30. The van der Waals surface area contributed by atoms with Crippen molar-refractivity contribution in [1.29, 1.82) is 0 Å². The fourth-order valence-electron chi connectivity index (χ4n) is 1.58. The standard InChI is InChI=1S/C13H10ClF3N2/c1-2-10-7-11(14)19-12(18-10)8-3-5-9(6-4-8)13(15,16)17/h3-7H,2H2,1H3. The molecule has 1 aromatic heterocycles. The Balaban J connectivity index is 2.40. The van der Waals surface area contributed by atoms with Crippen LogP contribution in [0.2, 0.25) is 5.15 Å². The largest absolute Gasteiger partial charge is 0.416 e. The van der Waals surface area contributed by atoms with E-state index >= 15 is 0 Å². The molecule has 0 saturated heterocycles. The second-order valence-electron chi connectivity index (χ2n) is 3.93. The van der Waals surface area contributed by atoms with E-state index in [0.717, 1.165) is 17.8 Å². The lowest BCUT2D eigenvalue weighted by molar-refractivity contribution is -0.137. The van der Waals surface area contributed by atoms with Gasteiger partial charge in [0.2, 0.25) is 0 Å². The Hall–Kier alpha value is -1.62. The summed E-state index contributed by atoms with van der Waals surface area (Å²) in [7, 11) is 0. The molecule has 1 aromatic carbocycles. The van der Waals surface area contributed by atoms with Gasteiger partial charge in [-0.05, 0) is 24.6 Å². The molecule has 2 rings (SSSR count). The zero-order valence-electron chi connectivity index (χ0n) is 10.0. The van der Waals surface area contributed by atoms with Crippen molar-refractivity contribution in [2.24, 2.45) is 0 Å². The SMILES string of the molecule is CCc1cc(Cl)nc(-c2ccc(C(F)(F)F)cc2)n1. The molecule has 0 atom stereocenters. The maximum absolute atomic E-state index is 12.5. The van der Waals surface area contributed by atoms with Gasteiger partial charge in [-0.3, -0.25) is 0 Å². The van der Waals surface area contributed by atoms with Crippen molar-refractivity contribution in [3.05, 3.63) is 46.7 Å². The molecule has 0 aliphatic carbocycles. The van der Waals surface area contributed by atoms with Crippen molar-refractivity contribution in [3.63, 3.8) is 0 Å². The number of benzene rings is 1. The average Bonchev–Trinajstić information content (AvgIpc) is 2.37. The van der Waals surface area contributed by atoms with Gasteiger partial charge < -0.3 is 0 Å². The molecule has 0 amide bonds. The van der Waals surface area contributed by atoms with Gasteiger partial charge in [-0.25, -0.2) is 9.97 Å². The fraction of sp³-hybridized carbons (Fsp3) is 0.231. The number of hydrogen-bond donors (Lipinski definition) is 0. The van der Waals surface area contributed by atoms with Gasteiger partial charge in [0.25, 0.3) is 0 Å². The first-order chi connectivity index (χ1) is 8.90. The lowest BCUT2D eigenvalue weighted by atomic mass is 10.1. The van der Waals surface area contributed by atoms with E-state index in [9.17, 15) is 13.2 Å². The van der Waals surface area contributed by atoms with E-state index in [1.54, 1.807) is 6.07 Å². The maximum Gasteiger partial charge on any atom is 0.416 e. The van der Waals surface area contributed by atoms with Gasteiger partial charge in [-0.2, -0.15) is 13.2 Å². The van der Waals surface area contributed by atoms with Crippen LogP contribution in [0.25, 0.3) is 11.4 Å². The first-order valence-corrected chi connectivity index (χ1v) is 5.99. The zero-order valence-corrected chi connectivity index (χ0v) is 10.8. The third-order valence-corrected chi connectivity index (χ3v) is 2.77. The van der Waals surface area contributed by atoms with Crippen molar-refractivity contribution in [2.45, 2.75) is 19.5 Å². The van der Waals surface area contributed by atoms with Crippen LogP contribution < -0.4 is 0 Å². The molecule has 0 N–H and O–H groups in total. The smallest absolute Gasteiger partial charge is 0.233 e. The van der Waals surface area contributed by atoms with Crippen LogP contribution in [-0.2, 0) is 12.6 Å². The summed E-state index contributed by atoms with van der Waals surface area (Å²) in [6, 6.07) is 6.33. The molecule has 0 spiro atoms. The third kappa shape index (κ3) is 3.23. The maximum atomic E-state index is 12.5. The van der Waals surface area contributed by atoms with Crippen LogP contribution in [0, 0.1) is 0 Å². The van der Waals surface area contributed by atoms with Gasteiger partial charge in [-0.15, -0.1) is 0 Å². The number of rotatable bonds is 2. The predicted octanol–water partition coefficient (Wildman–Crippen LogP) is 4.38. The molecule has 0 fully saturated rings. The van der Waals surface area contributed by atoms with Gasteiger partial charge >= 0.3 is 6.18 Å². The summed E-state index contributed by atoms with van der Waals surface area (Å²) >= 11 is 5.85. The quantitative estimate of drug-likeness (QED) is 0.766. The van der Waals surface area contributed by atoms with Crippen LogP contribution in [0.5, 0.6) is 0 Å². The van der Waals surface area contributed by atoms with Crippen LogP contribution in [0.4, 0.5) is 13.2 Å². The summed E-state index contributed by atoms with van der Waals surface area (Å²) in [4.78, 5) is 8.25. The summed E-state index contributed by atoms with van der Waals surface area (Å²) in [5, 5.41) is 0.279. The molecule has 0 radical (unpaired) electrons. The Morgan fingerprint density at radius 2 is 1.74 bits per heavy atom. The first-order valence-electron chi connectivity index (χ1n) is 5.61. The van der Waals surface area contributed by atoms with E-state index in [1.165, 1.54) is 12.1 Å². The van der Waals surface area contributed by atoms with Crippen molar-refractivity contribution < 1.29 is 13.2 Å². The van der Waals surface area contributed by atoms with Gasteiger partial charge in [-0.1, -0.05) is 30.7 Å². The van der Waals surface area contributed by atoms with Gasteiger partial charge in [0.15, 0.2) is 5.82 Å². The molecule has 2 aromatic rings. The second kappa shape index (κ2) is 5.17. The van der Waals surface area contributed by atoms with Crippen molar-refractivity contribution in [1.82, 2.24) is 9.97 Å². The number of nitrogens with zero attached hydrogens (tertiary/aromatic N) is 2. The van der Waals surface area contributed by atoms with Crippen LogP contribution >= 0.6 is 11.6 Å². The Morgan fingerprint density at radius 3 is 2.26 bits per heavy atom. The van der Waals surface area contributed by atoms with E-state index in [1.807, 2.05) is 6.92 Å². The van der Waals surface area contributed by atoms with Crippen molar-refractivity contribution >= 4 is 11.6 Å². The average molecular weight is 287 g/mol. The molecule has 0 bridgehead atoms. The van der Waals surface area contributed by atoms with E-state index in [4.69, 9.17) is 11.6 Å². The zero-order chi connectivity index (χ0) is 14.0. The Labute approximate surface area is 113 Å². The molecule has 19 heavy (non-hydrogen) atoms. The van der Waals surface area contributed by atoms with E-state index in [0.29, 0.717) is 17.8 Å². The number of halogens is 4. The predicted molar refractivity (Wildman–Crippen MR) is 66.9 cm³/mol. The number of alkyl halides is 3. The lowest BCUT2D eigenvalue weighted by Crippen LogP contribution is -2.04. The van der Waals surface area contributed by atoms with Crippen LogP contribution in [0.3, 0.4) is 0 Å². The molecule has 100 valence electrons. The van der Waals surface area contributed by atoms with E-state index < -0.39 is 11.7 Å². The summed E-state index contributed by atoms with van der Waals surface area (Å²) in [6.07, 6.45) is -3.67. The molecule has 0 aliphatic heterocycles. The summed E-state index contributed by atoms with van der Waals surface area (Å²) in [5.74, 6) is 0.332. The molecule has 2 nitrogen and oxygen atoms in total. The number of aromatic nitrogens is 2. The van der Waals surface area contributed by atoms with Gasteiger partial charge in [0, 0.05) is 11.3 Å². The highest BCUT2D eigenvalue weighted by molar-refractivity contribution is 6.29. The topological polar surface area (TPSA) is 25.8 Å².